The quantitative estimate of drug-likeness (QED) is 0.655. The average molecular weight is 302 g/mol. The number of nitrogens with zero attached hydrogens (tertiary/aromatic N) is 1. The Bertz CT molecular complexity index is 502. The van der Waals surface area contributed by atoms with E-state index in [-0.39, 0.29) is 6.04 Å². The van der Waals surface area contributed by atoms with E-state index in [4.69, 9.17) is 29.0 Å². The summed E-state index contributed by atoms with van der Waals surface area (Å²) in [5.74, 6) is 5.57. The highest BCUT2D eigenvalue weighted by Gasteiger charge is 2.15. The van der Waals surface area contributed by atoms with Crippen molar-refractivity contribution in [1.29, 1.82) is 0 Å². The first-order valence-electron chi connectivity index (χ1n) is 5.50. The standard InChI is InChI=1S/C12H13Cl2N3S/c13-8-6-10(14)12(16-7-8)11(17-15)4-3-9-2-1-5-18-9/h1-2,5-7,11,17H,3-4,15H2. The lowest BCUT2D eigenvalue weighted by Crippen LogP contribution is -2.29. The smallest absolute Gasteiger partial charge is 0.0773 e. The molecule has 2 aromatic heterocycles. The number of halogens is 2. The van der Waals surface area contributed by atoms with Crippen molar-refractivity contribution in [2.75, 3.05) is 0 Å². The van der Waals surface area contributed by atoms with Crippen LogP contribution in [0.4, 0.5) is 0 Å². The lowest BCUT2D eigenvalue weighted by atomic mass is 10.1. The lowest BCUT2D eigenvalue weighted by Gasteiger charge is -2.16. The molecule has 0 amide bonds. The second kappa shape index (κ2) is 6.50. The fourth-order valence-electron chi connectivity index (χ4n) is 1.72. The van der Waals surface area contributed by atoms with Gasteiger partial charge in [-0.3, -0.25) is 16.3 Å². The molecule has 0 aliphatic heterocycles. The molecular formula is C12H13Cl2N3S. The molecule has 0 aliphatic carbocycles. The Morgan fingerprint density at radius 2 is 2.28 bits per heavy atom. The molecule has 0 fully saturated rings. The van der Waals surface area contributed by atoms with E-state index in [1.165, 1.54) is 4.88 Å². The maximum atomic E-state index is 6.12. The summed E-state index contributed by atoms with van der Waals surface area (Å²) in [5, 5.41) is 3.13. The average Bonchev–Trinajstić information content (AvgIpc) is 2.85. The van der Waals surface area contributed by atoms with Gasteiger partial charge in [-0.25, -0.2) is 0 Å². The van der Waals surface area contributed by atoms with Crippen LogP contribution in [0.25, 0.3) is 0 Å². The highest BCUT2D eigenvalue weighted by Crippen LogP contribution is 2.26. The van der Waals surface area contributed by atoms with Gasteiger partial charge >= 0.3 is 0 Å². The maximum Gasteiger partial charge on any atom is 0.0773 e. The van der Waals surface area contributed by atoms with Gasteiger partial charge in [-0.2, -0.15) is 0 Å². The van der Waals surface area contributed by atoms with Gasteiger partial charge in [-0.15, -0.1) is 11.3 Å². The van der Waals surface area contributed by atoms with Gasteiger partial charge in [0.25, 0.3) is 0 Å². The summed E-state index contributed by atoms with van der Waals surface area (Å²) in [7, 11) is 0. The Balaban J connectivity index is 2.08. The highest BCUT2D eigenvalue weighted by atomic mass is 35.5. The van der Waals surface area contributed by atoms with E-state index in [9.17, 15) is 0 Å². The molecule has 2 heterocycles. The molecule has 3 nitrogen and oxygen atoms in total. The number of pyridine rings is 1. The fraction of sp³-hybridized carbons (Fsp3) is 0.250. The molecule has 18 heavy (non-hydrogen) atoms. The predicted octanol–water partition coefficient (Wildman–Crippen LogP) is 3.59. The Hall–Kier alpha value is -0.650. The molecule has 2 aromatic rings. The molecule has 0 spiro atoms. The molecular weight excluding hydrogens is 289 g/mol. The molecule has 0 saturated heterocycles. The van der Waals surface area contributed by atoms with Crippen molar-refractivity contribution in [3.63, 3.8) is 0 Å². The molecule has 1 atom stereocenters. The predicted molar refractivity (Wildman–Crippen MR) is 77.0 cm³/mol. The monoisotopic (exact) mass is 301 g/mol. The molecule has 96 valence electrons. The SMILES string of the molecule is NNC(CCc1cccs1)c1ncc(Cl)cc1Cl. The first-order chi connectivity index (χ1) is 8.70. The Labute approximate surface area is 120 Å². The third-order valence-electron chi connectivity index (χ3n) is 2.63. The zero-order valence-electron chi connectivity index (χ0n) is 9.57. The molecule has 0 saturated carbocycles. The van der Waals surface area contributed by atoms with Crippen LogP contribution in [-0.4, -0.2) is 4.98 Å². The molecule has 3 N–H and O–H groups in total. The van der Waals surface area contributed by atoms with Crippen LogP contribution in [-0.2, 0) is 6.42 Å². The molecule has 0 radical (unpaired) electrons. The van der Waals surface area contributed by atoms with E-state index in [0.29, 0.717) is 10.0 Å². The fourth-order valence-corrected chi connectivity index (χ4v) is 2.96. The van der Waals surface area contributed by atoms with Crippen LogP contribution in [0.5, 0.6) is 0 Å². The van der Waals surface area contributed by atoms with Gasteiger partial charge in [0.1, 0.15) is 0 Å². The molecule has 6 heteroatoms. The van der Waals surface area contributed by atoms with Crippen molar-refractivity contribution in [3.8, 4) is 0 Å². The van der Waals surface area contributed by atoms with E-state index < -0.39 is 0 Å². The number of aryl methyl sites for hydroxylation is 1. The number of hydrogen-bond acceptors (Lipinski definition) is 4. The summed E-state index contributed by atoms with van der Waals surface area (Å²) in [4.78, 5) is 5.57. The molecule has 0 aromatic carbocycles. The van der Waals surface area contributed by atoms with Gasteiger partial charge < -0.3 is 0 Å². The van der Waals surface area contributed by atoms with Crippen LogP contribution in [0.2, 0.25) is 10.0 Å². The normalized spacial score (nSPS) is 12.6. The highest BCUT2D eigenvalue weighted by molar-refractivity contribution is 7.09. The Morgan fingerprint density at radius 1 is 1.44 bits per heavy atom. The summed E-state index contributed by atoms with van der Waals surface area (Å²) in [6, 6.07) is 5.76. The summed E-state index contributed by atoms with van der Waals surface area (Å²) >= 11 is 13.7. The van der Waals surface area contributed by atoms with Crippen molar-refractivity contribution in [2.45, 2.75) is 18.9 Å². The largest absolute Gasteiger partial charge is 0.271 e. The number of hydrogen-bond donors (Lipinski definition) is 2. The van der Waals surface area contributed by atoms with Crippen LogP contribution in [0.3, 0.4) is 0 Å². The zero-order chi connectivity index (χ0) is 13.0. The first kappa shape index (κ1) is 13.8. The molecule has 0 aliphatic rings. The number of rotatable bonds is 5. The van der Waals surface area contributed by atoms with Crippen molar-refractivity contribution < 1.29 is 0 Å². The van der Waals surface area contributed by atoms with Gasteiger partial charge in [-0.05, 0) is 30.4 Å². The lowest BCUT2D eigenvalue weighted by molar-refractivity contribution is 0.506. The number of hydrazine groups is 1. The zero-order valence-corrected chi connectivity index (χ0v) is 11.9. The van der Waals surface area contributed by atoms with Crippen LogP contribution in [0.15, 0.2) is 29.8 Å². The summed E-state index contributed by atoms with van der Waals surface area (Å²) in [5.41, 5.74) is 3.49. The summed E-state index contributed by atoms with van der Waals surface area (Å²) in [6.45, 7) is 0. The second-order valence-electron chi connectivity index (χ2n) is 3.86. The van der Waals surface area contributed by atoms with Crippen LogP contribution in [0, 0.1) is 0 Å². The Morgan fingerprint density at radius 3 is 2.89 bits per heavy atom. The third-order valence-corrected chi connectivity index (χ3v) is 4.07. The number of nitrogens with two attached hydrogens (primary N) is 1. The molecule has 0 bridgehead atoms. The van der Waals surface area contributed by atoms with E-state index in [2.05, 4.69) is 21.9 Å². The van der Waals surface area contributed by atoms with Gasteiger partial charge in [-0.1, -0.05) is 29.3 Å². The van der Waals surface area contributed by atoms with E-state index in [0.717, 1.165) is 18.5 Å². The maximum absolute atomic E-state index is 6.12. The first-order valence-corrected chi connectivity index (χ1v) is 7.13. The van der Waals surface area contributed by atoms with E-state index >= 15 is 0 Å². The van der Waals surface area contributed by atoms with Crippen LogP contribution >= 0.6 is 34.5 Å². The number of thiophene rings is 1. The minimum Gasteiger partial charge on any atom is -0.271 e. The second-order valence-corrected chi connectivity index (χ2v) is 5.73. The topological polar surface area (TPSA) is 50.9 Å². The van der Waals surface area contributed by atoms with Gasteiger partial charge in [0.05, 0.1) is 21.8 Å². The summed E-state index contributed by atoms with van der Waals surface area (Å²) in [6.07, 6.45) is 3.36. The minimum atomic E-state index is -0.0723. The number of aromatic nitrogens is 1. The van der Waals surface area contributed by atoms with E-state index in [1.807, 2.05) is 6.07 Å². The van der Waals surface area contributed by atoms with Crippen molar-refractivity contribution in [2.24, 2.45) is 5.84 Å². The minimum absolute atomic E-state index is 0.0723. The van der Waals surface area contributed by atoms with Gasteiger partial charge in [0, 0.05) is 11.1 Å². The molecule has 2 rings (SSSR count). The summed E-state index contributed by atoms with van der Waals surface area (Å²) < 4.78 is 0. The third kappa shape index (κ3) is 3.43. The Kier molecular flexibility index (Phi) is 4.97. The van der Waals surface area contributed by atoms with Gasteiger partial charge in [0.2, 0.25) is 0 Å². The van der Waals surface area contributed by atoms with Crippen molar-refractivity contribution in [3.05, 3.63) is 50.4 Å². The van der Waals surface area contributed by atoms with Gasteiger partial charge in [0.15, 0.2) is 0 Å². The van der Waals surface area contributed by atoms with E-state index in [1.54, 1.807) is 23.6 Å². The molecule has 1 unspecified atom stereocenters. The van der Waals surface area contributed by atoms with Crippen molar-refractivity contribution in [1.82, 2.24) is 10.4 Å². The van der Waals surface area contributed by atoms with Crippen LogP contribution in [0.1, 0.15) is 23.0 Å². The van der Waals surface area contributed by atoms with Crippen molar-refractivity contribution >= 4 is 34.5 Å². The van der Waals surface area contributed by atoms with Crippen LogP contribution < -0.4 is 11.3 Å². The number of nitrogens with one attached hydrogen (secondary N) is 1.